The van der Waals surface area contributed by atoms with Crippen LogP contribution in [0.25, 0.3) is 11.3 Å². The second-order valence-corrected chi connectivity index (χ2v) is 7.25. The monoisotopic (exact) mass is 417 g/mol. The van der Waals surface area contributed by atoms with Gasteiger partial charge in [0.05, 0.1) is 5.69 Å². The van der Waals surface area contributed by atoms with E-state index in [0.717, 1.165) is 17.1 Å². The number of aromatic nitrogens is 3. The van der Waals surface area contributed by atoms with E-state index in [1.165, 1.54) is 6.92 Å². The number of rotatable bonds is 6. The summed E-state index contributed by atoms with van der Waals surface area (Å²) in [7, 11) is 0. The number of nitrogens with zero attached hydrogens (tertiary/aromatic N) is 5. The Morgan fingerprint density at radius 3 is 2.23 bits per heavy atom. The van der Waals surface area contributed by atoms with Crippen LogP contribution in [0.4, 0.5) is 5.82 Å². The van der Waals surface area contributed by atoms with E-state index in [2.05, 4.69) is 20.1 Å². The van der Waals surface area contributed by atoms with E-state index >= 15 is 0 Å². The molecular weight excluding hydrogens is 394 g/mol. The first kappa shape index (κ1) is 20.5. The average Bonchev–Trinajstić information content (AvgIpc) is 2.83. The number of anilines is 1. The summed E-state index contributed by atoms with van der Waals surface area (Å²) in [5.41, 5.74) is 2.39. The fourth-order valence-corrected chi connectivity index (χ4v) is 3.38. The predicted molar refractivity (Wildman–Crippen MR) is 116 cm³/mol. The Bertz CT molecular complexity index is 1030. The minimum absolute atomic E-state index is 0.00260. The maximum absolute atomic E-state index is 12.5. The van der Waals surface area contributed by atoms with Gasteiger partial charge in [0, 0.05) is 49.7 Å². The van der Waals surface area contributed by atoms with Crippen molar-refractivity contribution in [2.24, 2.45) is 0 Å². The molecule has 0 N–H and O–H groups in total. The molecule has 31 heavy (non-hydrogen) atoms. The van der Waals surface area contributed by atoms with Crippen molar-refractivity contribution in [1.29, 1.82) is 0 Å². The fourth-order valence-electron chi connectivity index (χ4n) is 3.38. The van der Waals surface area contributed by atoms with Gasteiger partial charge in [0.15, 0.2) is 18.2 Å². The molecule has 1 amide bonds. The van der Waals surface area contributed by atoms with Crippen molar-refractivity contribution in [2.75, 3.05) is 37.7 Å². The third kappa shape index (κ3) is 5.03. The number of amides is 1. The minimum atomic E-state index is -0.0607. The molecule has 1 aromatic carbocycles. The molecule has 4 rings (SSSR count). The molecule has 8 heteroatoms. The van der Waals surface area contributed by atoms with E-state index in [9.17, 15) is 9.59 Å². The molecule has 0 unspecified atom stereocenters. The summed E-state index contributed by atoms with van der Waals surface area (Å²) < 4.78 is 5.58. The normalized spacial score (nSPS) is 13.7. The van der Waals surface area contributed by atoms with E-state index in [1.807, 2.05) is 24.3 Å². The largest absolute Gasteiger partial charge is 0.484 e. The number of hydrogen-bond donors (Lipinski definition) is 0. The lowest BCUT2D eigenvalue weighted by atomic mass is 10.1. The molecule has 1 aliphatic heterocycles. The van der Waals surface area contributed by atoms with E-state index in [1.54, 1.807) is 41.6 Å². The minimum Gasteiger partial charge on any atom is -0.484 e. The number of carbonyl (C=O) groups excluding carboxylic acids is 2. The quantitative estimate of drug-likeness (QED) is 0.569. The van der Waals surface area contributed by atoms with Crippen LogP contribution in [0.1, 0.15) is 17.3 Å². The summed E-state index contributed by atoms with van der Waals surface area (Å²) in [6.07, 6.45) is 3.46. The standard InChI is InChI=1S/C23H23N5O3/c1-17(29)18-2-4-20(5-3-18)31-16-23(30)28-14-12-27(13-15-28)22-7-6-21(25-26-22)19-8-10-24-11-9-19/h2-11H,12-16H2,1H3. The molecule has 1 saturated heterocycles. The Kier molecular flexibility index (Phi) is 6.16. The summed E-state index contributed by atoms with van der Waals surface area (Å²) in [6.45, 7) is 4.04. The number of benzene rings is 1. The molecule has 1 fully saturated rings. The molecule has 1 aliphatic rings. The van der Waals surface area contributed by atoms with Crippen LogP contribution < -0.4 is 9.64 Å². The van der Waals surface area contributed by atoms with Crippen LogP contribution in [-0.2, 0) is 4.79 Å². The Labute approximate surface area is 180 Å². The Morgan fingerprint density at radius 1 is 0.903 bits per heavy atom. The van der Waals surface area contributed by atoms with Crippen LogP contribution in [0.3, 0.4) is 0 Å². The number of pyridine rings is 1. The first-order chi connectivity index (χ1) is 15.1. The summed E-state index contributed by atoms with van der Waals surface area (Å²) in [5, 5.41) is 8.66. The molecule has 158 valence electrons. The van der Waals surface area contributed by atoms with Crippen molar-refractivity contribution < 1.29 is 14.3 Å². The number of ketones is 1. The average molecular weight is 417 g/mol. The van der Waals surface area contributed by atoms with Gasteiger partial charge in [-0.2, -0.15) is 0 Å². The third-order valence-electron chi connectivity index (χ3n) is 5.21. The zero-order valence-corrected chi connectivity index (χ0v) is 17.3. The van der Waals surface area contributed by atoms with Crippen LogP contribution in [0.2, 0.25) is 0 Å². The molecule has 0 saturated carbocycles. The van der Waals surface area contributed by atoms with Gasteiger partial charge in [-0.05, 0) is 55.5 Å². The number of carbonyl (C=O) groups is 2. The van der Waals surface area contributed by atoms with Gasteiger partial charge in [0.2, 0.25) is 0 Å². The van der Waals surface area contributed by atoms with Gasteiger partial charge in [-0.1, -0.05) is 0 Å². The smallest absolute Gasteiger partial charge is 0.260 e. The lowest BCUT2D eigenvalue weighted by Crippen LogP contribution is -2.50. The molecule has 8 nitrogen and oxygen atoms in total. The van der Waals surface area contributed by atoms with E-state index < -0.39 is 0 Å². The summed E-state index contributed by atoms with van der Waals surface area (Å²) in [4.78, 5) is 31.7. The Hall–Kier alpha value is -3.81. The van der Waals surface area contributed by atoms with Crippen LogP contribution in [0.5, 0.6) is 5.75 Å². The molecule has 2 aromatic heterocycles. The number of hydrogen-bond acceptors (Lipinski definition) is 7. The first-order valence-electron chi connectivity index (χ1n) is 10.1. The lowest BCUT2D eigenvalue weighted by molar-refractivity contribution is -0.133. The second kappa shape index (κ2) is 9.34. The Morgan fingerprint density at radius 2 is 1.61 bits per heavy atom. The van der Waals surface area contributed by atoms with Crippen molar-refractivity contribution in [3.05, 3.63) is 66.5 Å². The van der Waals surface area contributed by atoms with Crippen LogP contribution >= 0.6 is 0 Å². The molecule has 3 aromatic rings. The van der Waals surface area contributed by atoms with Crippen molar-refractivity contribution in [3.8, 4) is 17.0 Å². The van der Waals surface area contributed by atoms with Gasteiger partial charge >= 0.3 is 0 Å². The molecular formula is C23H23N5O3. The highest BCUT2D eigenvalue weighted by atomic mass is 16.5. The Balaban J connectivity index is 1.27. The van der Waals surface area contributed by atoms with Crippen LogP contribution in [0.15, 0.2) is 60.9 Å². The summed E-state index contributed by atoms with van der Waals surface area (Å²) in [6, 6.07) is 14.5. The van der Waals surface area contributed by atoms with E-state index in [-0.39, 0.29) is 18.3 Å². The number of piperazine rings is 1. The maximum atomic E-state index is 12.5. The highest BCUT2D eigenvalue weighted by Crippen LogP contribution is 2.19. The molecule has 0 radical (unpaired) electrons. The van der Waals surface area contributed by atoms with Gasteiger partial charge in [0.25, 0.3) is 5.91 Å². The zero-order chi connectivity index (χ0) is 21.6. The predicted octanol–water partition coefficient (Wildman–Crippen LogP) is 2.47. The van der Waals surface area contributed by atoms with Crippen molar-refractivity contribution >= 4 is 17.5 Å². The van der Waals surface area contributed by atoms with Crippen molar-refractivity contribution in [3.63, 3.8) is 0 Å². The zero-order valence-electron chi connectivity index (χ0n) is 17.3. The maximum Gasteiger partial charge on any atom is 0.260 e. The molecule has 0 spiro atoms. The van der Waals surface area contributed by atoms with Crippen LogP contribution in [0, 0.1) is 0 Å². The second-order valence-electron chi connectivity index (χ2n) is 7.25. The van der Waals surface area contributed by atoms with Gasteiger partial charge in [-0.25, -0.2) is 0 Å². The van der Waals surface area contributed by atoms with E-state index in [4.69, 9.17) is 4.74 Å². The summed E-state index contributed by atoms with van der Waals surface area (Å²) >= 11 is 0. The summed E-state index contributed by atoms with van der Waals surface area (Å²) in [5.74, 6) is 1.31. The highest BCUT2D eigenvalue weighted by molar-refractivity contribution is 5.94. The molecule has 0 aliphatic carbocycles. The van der Waals surface area contributed by atoms with Gasteiger partial charge in [-0.3, -0.25) is 14.6 Å². The molecule has 0 bridgehead atoms. The fraction of sp³-hybridized carbons (Fsp3) is 0.261. The number of Topliss-reactive ketones (excluding diaryl/α,β-unsaturated/α-hetero) is 1. The van der Waals surface area contributed by atoms with Crippen molar-refractivity contribution in [2.45, 2.75) is 6.92 Å². The first-order valence-corrected chi connectivity index (χ1v) is 10.1. The van der Waals surface area contributed by atoms with Gasteiger partial charge < -0.3 is 14.5 Å². The highest BCUT2D eigenvalue weighted by Gasteiger charge is 2.22. The van der Waals surface area contributed by atoms with Crippen molar-refractivity contribution in [1.82, 2.24) is 20.1 Å². The van der Waals surface area contributed by atoms with Gasteiger partial charge in [0.1, 0.15) is 5.75 Å². The van der Waals surface area contributed by atoms with Crippen LogP contribution in [-0.4, -0.2) is 64.6 Å². The van der Waals surface area contributed by atoms with E-state index in [0.29, 0.717) is 37.5 Å². The third-order valence-corrected chi connectivity index (χ3v) is 5.21. The lowest BCUT2D eigenvalue weighted by Gasteiger charge is -2.35. The molecule has 0 atom stereocenters. The topological polar surface area (TPSA) is 88.5 Å². The number of ether oxygens (including phenoxy) is 1. The van der Waals surface area contributed by atoms with Gasteiger partial charge in [-0.15, -0.1) is 10.2 Å². The molecule has 3 heterocycles. The SMILES string of the molecule is CC(=O)c1ccc(OCC(=O)N2CCN(c3ccc(-c4ccncc4)nn3)CC2)cc1.